The van der Waals surface area contributed by atoms with Gasteiger partial charge >= 0.3 is 0 Å². The summed E-state index contributed by atoms with van der Waals surface area (Å²) in [4.78, 5) is 0.387. The Hall–Kier alpha value is -1.07. The molecular weight excluding hydrogens is 274 g/mol. The third kappa shape index (κ3) is 3.73. The van der Waals surface area contributed by atoms with Crippen molar-refractivity contribution in [1.82, 2.24) is 0 Å². The third-order valence-electron chi connectivity index (χ3n) is 4.00. The molecule has 4 nitrogen and oxygen atoms in total. The predicted octanol–water partition coefficient (Wildman–Crippen LogP) is 2.44. The second-order valence-electron chi connectivity index (χ2n) is 5.46. The molecule has 20 heavy (non-hydrogen) atoms. The fraction of sp³-hybridized carbons (Fsp3) is 0.600. The van der Waals surface area contributed by atoms with Crippen molar-refractivity contribution in [2.45, 2.75) is 43.6 Å². The number of sulfone groups is 1. The van der Waals surface area contributed by atoms with Gasteiger partial charge in [-0.1, -0.05) is 19.1 Å². The molecule has 112 valence electrons. The average molecular weight is 297 g/mol. The van der Waals surface area contributed by atoms with Crippen molar-refractivity contribution in [3.8, 4) is 0 Å². The highest BCUT2D eigenvalue weighted by Crippen LogP contribution is 2.26. The highest BCUT2D eigenvalue weighted by molar-refractivity contribution is 7.91. The van der Waals surface area contributed by atoms with E-state index in [1.807, 2.05) is 12.1 Å². The van der Waals surface area contributed by atoms with E-state index in [0.717, 1.165) is 32.2 Å². The van der Waals surface area contributed by atoms with Crippen LogP contribution in [0.5, 0.6) is 0 Å². The maximum atomic E-state index is 12.0. The van der Waals surface area contributed by atoms with Crippen molar-refractivity contribution in [1.29, 1.82) is 0 Å². The second kappa shape index (κ2) is 6.59. The standard InChI is InChI=1S/C15H23NO3S/c1-2-20(18,19)15-6-4-3-5-14(15)16-11-12-7-9-13(17)10-8-12/h3-6,12-13,16-17H,2,7-11H2,1H3. The molecule has 1 aromatic carbocycles. The minimum Gasteiger partial charge on any atom is -0.393 e. The summed E-state index contributed by atoms with van der Waals surface area (Å²) in [6, 6.07) is 7.08. The molecule has 0 heterocycles. The topological polar surface area (TPSA) is 66.4 Å². The molecule has 1 aliphatic carbocycles. The quantitative estimate of drug-likeness (QED) is 0.876. The monoisotopic (exact) mass is 297 g/mol. The third-order valence-corrected chi connectivity index (χ3v) is 5.79. The molecule has 1 fully saturated rings. The van der Waals surface area contributed by atoms with Crippen LogP contribution < -0.4 is 5.32 Å². The van der Waals surface area contributed by atoms with E-state index in [1.165, 1.54) is 0 Å². The Kier molecular flexibility index (Phi) is 5.05. The van der Waals surface area contributed by atoms with Gasteiger partial charge in [0.15, 0.2) is 9.84 Å². The van der Waals surface area contributed by atoms with Crippen LogP contribution in [0.15, 0.2) is 29.2 Å². The first kappa shape index (κ1) is 15.3. The number of para-hydroxylation sites is 1. The minimum atomic E-state index is -3.19. The first-order chi connectivity index (χ1) is 9.53. The summed E-state index contributed by atoms with van der Waals surface area (Å²) in [5.41, 5.74) is 0.695. The Morgan fingerprint density at radius 3 is 2.50 bits per heavy atom. The van der Waals surface area contributed by atoms with Crippen molar-refractivity contribution in [2.75, 3.05) is 17.6 Å². The van der Waals surface area contributed by atoms with Crippen molar-refractivity contribution in [3.05, 3.63) is 24.3 Å². The van der Waals surface area contributed by atoms with Crippen molar-refractivity contribution in [3.63, 3.8) is 0 Å². The molecule has 0 spiro atoms. The van der Waals surface area contributed by atoms with Crippen LogP contribution in [-0.2, 0) is 9.84 Å². The summed E-state index contributed by atoms with van der Waals surface area (Å²) in [6.45, 7) is 2.43. The predicted molar refractivity (Wildman–Crippen MR) is 80.6 cm³/mol. The Morgan fingerprint density at radius 2 is 1.85 bits per heavy atom. The van der Waals surface area contributed by atoms with Crippen molar-refractivity contribution in [2.24, 2.45) is 5.92 Å². The number of nitrogens with one attached hydrogen (secondary N) is 1. The van der Waals surface area contributed by atoms with Gasteiger partial charge in [0.05, 0.1) is 22.4 Å². The molecule has 0 aliphatic heterocycles. The van der Waals surface area contributed by atoms with Crippen LogP contribution in [0.3, 0.4) is 0 Å². The number of hydrogen-bond donors (Lipinski definition) is 2. The fourth-order valence-corrected chi connectivity index (χ4v) is 3.71. The van der Waals surface area contributed by atoms with Crippen LogP contribution in [-0.4, -0.2) is 31.9 Å². The van der Waals surface area contributed by atoms with Crippen molar-refractivity contribution >= 4 is 15.5 Å². The van der Waals surface area contributed by atoms with Gasteiger partial charge in [-0.25, -0.2) is 8.42 Å². The second-order valence-corrected chi connectivity index (χ2v) is 7.70. The number of anilines is 1. The molecule has 0 atom stereocenters. The Labute approximate surface area is 121 Å². The Balaban J connectivity index is 2.03. The van der Waals surface area contributed by atoms with E-state index in [-0.39, 0.29) is 11.9 Å². The maximum Gasteiger partial charge on any atom is 0.180 e. The van der Waals surface area contributed by atoms with E-state index in [0.29, 0.717) is 16.5 Å². The van der Waals surface area contributed by atoms with Gasteiger partial charge in [0, 0.05) is 6.54 Å². The summed E-state index contributed by atoms with van der Waals surface area (Å²) in [7, 11) is -3.19. The average Bonchev–Trinajstić information content (AvgIpc) is 2.47. The molecule has 1 aromatic rings. The van der Waals surface area contributed by atoms with Crippen molar-refractivity contribution < 1.29 is 13.5 Å². The molecule has 0 bridgehead atoms. The van der Waals surface area contributed by atoms with Crippen LogP contribution >= 0.6 is 0 Å². The van der Waals surface area contributed by atoms with Crippen LogP contribution in [0.25, 0.3) is 0 Å². The molecule has 5 heteroatoms. The van der Waals surface area contributed by atoms with E-state index < -0.39 is 9.84 Å². The highest BCUT2D eigenvalue weighted by Gasteiger charge is 2.20. The van der Waals surface area contributed by atoms with E-state index in [4.69, 9.17) is 0 Å². The summed E-state index contributed by atoms with van der Waals surface area (Å²) in [5, 5.41) is 12.8. The van der Waals surface area contributed by atoms with Gasteiger partial charge < -0.3 is 10.4 Å². The van der Waals surface area contributed by atoms with Gasteiger partial charge in [-0.05, 0) is 43.7 Å². The zero-order chi connectivity index (χ0) is 14.6. The number of hydrogen-bond acceptors (Lipinski definition) is 4. The van der Waals surface area contributed by atoms with Gasteiger partial charge in [0.2, 0.25) is 0 Å². The zero-order valence-corrected chi connectivity index (χ0v) is 12.7. The Morgan fingerprint density at radius 1 is 1.20 bits per heavy atom. The lowest BCUT2D eigenvalue weighted by Crippen LogP contribution is -2.24. The first-order valence-electron chi connectivity index (χ1n) is 7.26. The molecular formula is C15H23NO3S. The Bertz CT molecular complexity index is 534. The highest BCUT2D eigenvalue weighted by atomic mass is 32.2. The summed E-state index contributed by atoms with van der Waals surface area (Å²) < 4.78 is 24.1. The van der Waals surface area contributed by atoms with E-state index >= 15 is 0 Å². The summed E-state index contributed by atoms with van der Waals surface area (Å²) in [5.74, 6) is 0.622. The van der Waals surface area contributed by atoms with Gasteiger partial charge in [0.25, 0.3) is 0 Å². The largest absolute Gasteiger partial charge is 0.393 e. The smallest absolute Gasteiger partial charge is 0.180 e. The normalized spacial score (nSPS) is 23.5. The lowest BCUT2D eigenvalue weighted by Gasteiger charge is -2.26. The lowest BCUT2D eigenvalue weighted by molar-refractivity contribution is 0.111. The molecule has 2 N–H and O–H groups in total. The van der Waals surface area contributed by atoms with Gasteiger partial charge in [-0.3, -0.25) is 0 Å². The molecule has 1 saturated carbocycles. The van der Waals surface area contributed by atoms with E-state index in [1.54, 1.807) is 19.1 Å². The van der Waals surface area contributed by atoms with Gasteiger partial charge in [-0.2, -0.15) is 0 Å². The van der Waals surface area contributed by atoms with Crippen LogP contribution in [0, 0.1) is 5.92 Å². The minimum absolute atomic E-state index is 0.112. The molecule has 0 saturated heterocycles. The van der Waals surface area contributed by atoms with Crippen LogP contribution in [0.4, 0.5) is 5.69 Å². The fourth-order valence-electron chi connectivity index (χ4n) is 2.64. The molecule has 0 aromatic heterocycles. The van der Waals surface area contributed by atoms with E-state index in [2.05, 4.69) is 5.32 Å². The number of aliphatic hydroxyl groups excluding tert-OH is 1. The summed E-state index contributed by atoms with van der Waals surface area (Å²) in [6.07, 6.45) is 3.54. The van der Waals surface area contributed by atoms with Crippen LogP contribution in [0.2, 0.25) is 0 Å². The molecule has 2 rings (SSSR count). The van der Waals surface area contributed by atoms with Crippen LogP contribution in [0.1, 0.15) is 32.6 Å². The molecule has 1 aliphatic rings. The zero-order valence-electron chi connectivity index (χ0n) is 11.9. The lowest BCUT2D eigenvalue weighted by atomic mass is 9.87. The first-order valence-corrected chi connectivity index (χ1v) is 8.92. The maximum absolute atomic E-state index is 12.0. The molecule has 0 radical (unpaired) electrons. The number of rotatable bonds is 5. The number of aliphatic hydroxyl groups is 1. The van der Waals surface area contributed by atoms with Gasteiger partial charge in [-0.15, -0.1) is 0 Å². The SMILES string of the molecule is CCS(=O)(=O)c1ccccc1NCC1CCC(O)CC1. The molecule has 0 unspecified atom stereocenters. The van der Waals surface area contributed by atoms with Gasteiger partial charge in [0.1, 0.15) is 0 Å². The number of benzene rings is 1. The van der Waals surface area contributed by atoms with E-state index in [9.17, 15) is 13.5 Å². The molecule has 0 amide bonds. The summed E-state index contributed by atoms with van der Waals surface area (Å²) >= 11 is 0.